The molecule has 2 heterocycles. The van der Waals surface area contributed by atoms with Gasteiger partial charge in [0.05, 0.1) is 30.3 Å². The van der Waals surface area contributed by atoms with Crippen LogP contribution in [-0.2, 0) is 39.9 Å². The van der Waals surface area contributed by atoms with E-state index in [2.05, 4.69) is 52.4 Å². The zero-order chi connectivity index (χ0) is 35.6. The molecular weight excluding hydrogens is 1020 g/mol. The molecular formula is C26H30Br2ClCs2FN6O9. The number of hydrogen-bond acceptors (Lipinski definition) is 9. The third kappa shape index (κ3) is 16.7. The number of H-pyrrole nitrogens is 1. The van der Waals surface area contributed by atoms with Crippen molar-refractivity contribution in [1.29, 1.82) is 0 Å². The number of alkyl halides is 2. The Labute approximate surface area is 409 Å². The molecule has 0 saturated heterocycles. The van der Waals surface area contributed by atoms with Crippen LogP contribution in [0, 0.1) is 0 Å². The number of halogens is 4. The van der Waals surface area contributed by atoms with Crippen molar-refractivity contribution in [2.24, 2.45) is 14.1 Å². The van der Waals surface area contributed by atoms with Crippen molar-refractivity contribution in [2.45, 2.75) is 6.54 Å². The van der Waals surface area contributed by atoms with Crippen LogP contribution in [0.15, 0.2) is 64.5 Å². The molecule has 0 fully saturated rings. The molecule has 4 rings (SSSR count). The predicted molar refractivity (Wildman–Crippen MR) is 173 cm³/mol. The first-order valence-corrected chi connectivity index (χ1v) is 14.1. The minimum atomic E-state index is -1.00. The quantitative estimate of drug-likeness (QED) is 0.0771. The summed E-state index contributed by atoms with van der Waals surface area (Å²) in [4.78, 5) is 81.7. The van der Waals surface area contributed by atoms with E-state index >= 15 is 0 Å². The maximum Gasteiger partial charge on any atom is 1.00 e. The van der Waals surface area contributed by atoms with Crippen molar-refractivity contribution in [3.63, 3.8) is 0 Å². The summed E-state index contributed by atoms with van der Waals surface area (Å²) < 4.78 is 20.8. The number of benzene rings is 2. The molecule has 3 N–H and O–H groups in total. The third-order valence-electron chi connectivity index (χ3n) is 5.43. The number of carbonyl (C=O) groups excluding carboxylic acids is 3. The number of rotatable bonds is 4. The van der Waals surface area contributed by atoms with Gasteiger partial charge in [-0.2, -0.15) is 0 Å². The smallest absolute Gasteiger partial charge is 1.00 e. The summed E-state index contributed by atoms with van der Waals surface area (Å²) in [6.07, 6.45) is 0. The number of nitrogens with one attached hydrogen (secondary N) is 3. The Morgan fingerprint density at radius 2 is 1.45 bits per heavy atom. The maximum absolute atomic E-state index is 12.2. The van der Waals surface area contributed by atoms with Crippen molar-refractivity contribution in [3.8, 4) is 0 Å². The molecule has 248 valence electrons. The van der Waals surface area contributed by atoms with Gasteiger partial charge in [-0.1, -0.05) is 31.9 Å². The van der Waals surface area contributed by atoms with E-state index in [0.717, 1.165) is 13.5 Å². The van der Waals surface area contributed by atoms with Gasteiger partial charge >= 0.3 is 149 Å². The summed E-state index contributed by atoms with van der Waals surface area (Å²) in [7, 11) is 5.19. The summed E-state index contributed by atoms with van der Waals surface area (Å²) in [5.41, 5.74) is -0.588. The van der Waals surface area contributed by atoms with Crippen LogP contribution in [0.4, 0.5) is 4.39 Å². The molecule has 0 aliphatic carbocycles. The number of nitrogens with zero attached hydrogens (tertiary/aromatic N) is 3. The van der Waals surface area contributed by atoms with E-state index in [4.69, 9.17) is 23.0 Å². The number of aryl methyl sites for hydroxylation is 2. The second-order valence-electron chi connectivity index (χ2n) is 8.05. The Hall–Kier alpha value is -0.0261. The van der Waals surface area contributed by atoms with E-state index < -0.39 is 30.0 Å². The zero-order valence-corrected chi connectivity index (χ0v) is 42.7. The minimum Gasteiger partial charge on any atom is -1.00 e. The van der Waals surface area contributed by atoms with Crippen LogP contribution in [0.1, 0.15) is 2.80 Å². The number of likely N-dealkylation sites (N-methyl/N-ethyl adjacent to an activating group) is 1. The summed E-state index contributed by atoms with van der Waals surface area (Å²) in [5, 5.41) is 14.1. The Morgan fingerprint density at radius 3 is 1.85 bits per heavy atom. The fourth-order valence-corrected chi connectivity index (χ4v) is 4.07. The van der Waals surface area contributed by atoms with Crippen molar-refractivity contribution in [1.82, 2.24) is 29.3 Å². The Morgan fingerprint density at radius 1 is 1.00 bits per heavy atom. The average molecular weight is 1050 g/mol. The van der Waals surface area contributed by atoms with Gasteiger partial charge in [0.2, 0.25) is 11.8 Å². The molecule has 0 aliphatic rings. The Balaban J connectivity index is -0.000000297. The average Bonchev–Trinajstić information content (AvgIpc) is 3.05. The zero-order valence-electron chi connectivity index (χ0n) is 28.2. The number of aromatic nitrogens is 4. The molecule has 15 nitrogen and oxygen atoms in total. The van der Waals surface area contributed by atoms with Gasteiger partial charge in [0.1, 0.15) is 12.4 Å². The number of amides is 2. The molecule has 2 amide bonds. The molecule has 0 spiro atoms. The Kier molecular flexibility index (Phi) is 28.9. The second-order valence-corrected chi connectivity index (χ2v) is 10.1. The number of fused-ring (bicyclic) bond motifs is 2. The molecule has 0 atom stereocenters. The van der Waals surface area contributed by atoms with E-state index in [1.54, 1.807) is 57.5 Å². The van der Waals surface area contributed by atoms with Crippen molar-refractivity contribution >= 4 is 83.6 Å². The van der Waals surface area contributed by atoms with E-state index in [0.29, 0.717) is 21.8 Å². The van der Waals surface area contributed by atoms with Crippen LogP contribution in [-0.4, -0.2) is 64.1 Å². The van der Waals surface area contributed by atoms with Gasteiger partial charge in [0.15, 0.2) is 0 Å². The van der Waals surface area contributed by atoms with Gasteiger partial charge in [0, 0.05) is 37.1 Å². The van der Waals surface area contributed by atoms with Crippen molar-refractivity contribution in [3.05, 3.63) is 87.0 Å². The van der Waals surface area contributed by atoms with Crippen molar-refractivity contribution < 1.29 is 170 Å². The third-order valence-corrected chi connectivity index (χ3v) is 6.65. The first kappa shape index (κ1) is 49.1. The van der Waals surface area contributed by atoms with Crippen LogP contribution in [0.2, 0.25) is 0 Å². The van der Waals surface area contributed by atoms with Crippen LogP contribution >= 0.6 is 43.5 Å². The van der Waals surface area contributed by atoms with Crippen LogP contribution in [0.5, 0.6) is 0 Å². The van der Waals surface area contributed by atoms with E-state index in [1.807, 2.05) is 0 Å². The fourth-order valence-electron chi connectivity index (χ4n) is 3.24. The van der Waals surface area contributed by atoms with E-state index in [-0.39, 0.29) is 170 Å². The SMILES string of the molecule is CNC(=O)CCl.CNC(=O)Cn1c(=O)c2ccc(Br)cc2n(C)c1=O.Cn1c(=O)[nH]c(=O)c2ccc(Br)cc21.O=CO[O-].[2H]CF.[Cs+].[Cs+].[H-]. The molecule has 0 bridgehead atoms. The maximum atomic E-state index is 12.2. The second kappa shape index (κ2) is 27.7. The molecule has 2 aromatic heterocycles. The minimum absolute atomic E-state index is 0. The van der Waals surface area contributed by atoms with Gasteiger partial charge in [-0.15, -0.1) is 11.6 Å². The fraction of sp³-hybridized carbons (Fsp3) is 0.269. The van der Waals surface area contributed by atoms with E-state index in [1.165, 1.54) is 16.2 Å². The summed E-state index contributed by atoms with van der Waals surface area (Å²) >= 11 is 11.6. The molecule has 0 saturated carbocycles. The Bertz CT molecular complexity index is 1890. The summed E-state index contributed by atoms with van der Waals surface area (Å²) in [6.45, 7) is -0.464. The molecule has 0 radical (unpaired) electrons. The van der Waals surface area contributed by atoms with Crippen LogP contribution in [0.25, 0.3) is 21.8 Å². The summed E-state index contributed by atoms with van der Waals surface area (Å²) in [5.74, 6) is -0.483. The first-order valence-electron chi connectivity index (χ1n) is 12.7. The van der Waals surface area contributed by atoms with E-state index in [9.17, 15) is 33.2 Å². The number of carbonyl (C=O) groups is 3. The topological polar surface area (TPSA) is 206 Å². The standard InChI is InChI=1S/C12H12BrN3O3.C9H7BrN2O2.C3H6ClNO.CH3F.CH2O3.2Cs.H/c1-14-10(17)6-16-11(18)8-4-3-7(13)5-9(8)15(2)12(16)19;1-12-7-4-5(10)2-3-6(7)8(13)11-9(12)14;1-5-3(6)2-4;1-2;2-1-4-3;;;/h3-5H,6H2,1-2H3,(H,14,17);2-4H,1H3,(H,11,13,14);2H2,1H3,(H,5,6);1H3;1,3H;;;/q;;;;;2*+1;-1/p-1/i;;;1D;;;;. The summed E-state index contributed by atoms with van der Waals surface area (Å²) in [6, 6.07) is 10.2. The van der Waals surface area contributed by atoms with Crippen LogP contribution < -0.4 is 176 Å². The van der Waals surface area contributed by atoms with Crippen molar-refractivity contribution in [2.75, 3.05) is 27.1 Å². The van der Waals surface area contributed by atoms with Gasteiger partial charge in [-0.3, -0.25) is 47.0 Å². The molecule has 21 heteroatoms. The predicted octanol–water partition coefficient (Wildman–Crippen LogP) is -5.69. The monoisotopic (exact) mass is 1050 g/mol. The molecule has 2 aromatic carbocycles. The van der Waals surface area contributed by atoms with Gasteiger partial charge in [0.25, 0.3) is 17.6 Å². The first-order chi connectivity index (χ1) is 21.7. The van der Waals surface area contributed by atoms with Gasteiger partial charge in [-0.05, 0) is 36.4 Å². The molecule has 0 aliphatic heterocycles. The van der Waals surface area contributed by atoms with Crippen LogP contribution in [0.3, 0.4) is 0 Å². The molecule has 47 heavy (non-hydrogen) atoms. The van der Waals surface area contributed by atoms with Gasteiger partial charge in [-0.25, -0.2) is 9.59 Å². The number of hydrogen-bond donors (Lipinski definition) is 3. The number of aromatic amines is 1. The van der Waals surface area contributed by atoms with Gasteiger partial charge < -0.3 is 22.2 Å². The normalized spacial score (nSPS) is 9.34. The molecule has 4 aromatic rings. The largest absolute Gasteiger partial charge is 1.00 e. The molecule has 0 unspecified atom stereocenters.